The van der Waals surface area contributed by atoms with E-state index in [1.807, 2.05) is 0 Å². The van der Waals surface area contributed by atoms with Gasteiger partial charge in [0, 0.05) is 11.6 Å². The van der Waals surface area contributed by atoms with Crippen LogP contribution in [0.2, 0.25) is 0 Å². The van der Waals surface area contributed by atoms with Crippen LogP contribution < -0.4 is 0 Å². The van der Waals surface area contributed by atoms with Crippen LogP contribution in [0.3, 0.4) is 0 Å². The average molecular weight is 353 g/mol. The van der Waals surface area contributed by atoms with Crippen molar-refractivity contribution in [3.8, 4) is 22.8 Å². The predicted octanol–water partition coefficient (Wildman–Crippen LogP) is 4.69. The smallest absolute Gasteiger partial charge is 0.374 e. The van der Waals surface area contributed by atoms with Crippen LogP contribution in [-0.2, 0) is 11.3 Å². The Morgan fingerprint density at radius 2 is 1.88 bits per heavy atom. The molecule has 0 N–H and O–H groups in total. The lowest BCUT2D eigenvalue weighted by Gasteiger charge is -2.00. The van der Waals surface area contributed by atoms with Crippen LogP contribution in [0.25, 0.3) is 22.8 Å². The van der Waals surface area contributed by atoms with Crippen LogP contribution in [0.1, 0.15) is 16.2 Å². The van der Waals surface area contributed by atoms with Crippen molar-refractivity contribution in [2.24, 2.45) is 0 Å². The molecule has 3 aromatic heterocycles. The summed E-state index contributed by atoms with van der Waals surface area (Å²) < 4.78 is 33.9. The predicted molar refractivity (Wildman–Crippen MR) is 87.4 cm³/mol. The molecule has 26 heavy (non-hydrogen) atoms. The van der Waals surface area contributed by atoms with Gasteiger partial charge >= 0.3 is 5.97 Å². The van der Waals surface area contributed by atoms with Gasteiger partial charge in [-0.2, -0.15) is 0 Å². The number of esters is 1. The minimum absolute atomic E-state index is 0.0408. The third kappa shape index (κ3) is 3.27. The molecule has 0 aliphatic carbocycles. The largest absolute Gasteiger partial charge is 0.461 e. The second-order valence-corrected chi connectivity index (χ2v) is 5.41. The fourth-order valence-corrected chi connectivity index (χ4v) is 2.34. The maximum atomic E-state index is 13.0. The van der Waals surface area contributed by atoms with E-state index in [9.17, 15) is 9.18 Å². The third-order valence-electron chi connectivity index (χ3n) is 3.61. The van der Waals surface area contributed by atoms with Crippen molar-refractivity contribution in [3.63, 3.8) is 0 Å². The van der Waals surface area contributed by atoms with Crippen molar-refractivity contribution in [1.82, 2.24) is 5.16 Å². The van der Waals surface area contributed by atoms with Crippen LogP contribution in [0, 0.1) is 5.82 Å². The first kappa shape index (κ1) is 15.9. The van der Waals surface area contributed by atoms with E-state index in [1.54, 1.807) is 36.4 Å². The Bertz CT molecular complexity index is 1010. The first-order valence-corrected chi connectivity index (χ1v) is 7.71. The second-order valence-electron chi connectivity index (χ2n) is 5.41. The fraction of sp³-hybridized carbons (Fsp3) is 0.0526. The summed E-state index contributed by atoms with van der Waals surface area (Å²) in [5.41, 5.74) is 1.10. The number of ether oxygens (including phenoxy) is 1. The van der Waals surface area contributed by atoms with E-state index >= 15 is 0 Å². The van der Waals surface area contributed by atoms with Gasteiger partial charge in [0.15, 0.2) is 5.76 Å². The zero-order chi connectivity index (χ0) is 17.9. The van der Waals surface area contributed by atoms with Gasteiger partial charge in [-0.15, -0.1) is 0 Å². The number of hydrogen-bond acceptors (Lipinski definition) is 6. The molecule has 0 saturated carbocycles. The number of nitrogens with zero attached hydrogens (tertiary/aromatic N) is 1. The number of hydrogen-bond donors (Lipinski definition) is 0. The molecule has 0 spiro atoms. The fourth-order valence-electron chi connectivity index (χ4n) is 2.34. The summed E-state index contributed by atoms with van der Waals surface area (Å²) in [6.45, 7) is -0.0738. The van der Waals surface area contributed by atoms with E-state index in [0.717, 1.165) is 0 Å². The van der Waals surface area contributed by atoms with Gasteiger partial charge in [0.25, 0.3) is 0 Å². The molecule has 0 saturated heterocycles. The normalized spacial score (nSPS) is 10.8. The van der Waals surface area contributed by atoms with E-state index in [4.69, 9.17) is 18.1 Å². The highest BCUT2D eigenvalue weighted by Crippen LogP contribution is 2.24. The number of carbonyl (C=O) groups excluding carboxylic acids is 1. The summed E-state index contributed by atoms with van der Waals surface area (Å²) in [4.78, 5) is 12.1. The molecule has 6 nitrogen and oxygen atoms in total. The van der Waals surface area contributed by atoms with Gasteiger partial charge in [0.1, 0.15) is 23.9 Å². The van der Waals surface area contributed by atoms with Crippen LogP contribution in [0.5, 0.6) is 0 Å². The van der Waals surface area contributed by atoms with Crippen molar-refractivity contribution >= 4 is 5.97 Å². The Kier molecular flexibility index (Phi) is 4.10. The molecule has 0 unspecified atom stereocenters. The quantitative estimate of drug-likeness (QED) is 0.484. The summed E-state index contributed by atoms with van der Waals surface area (Å²) in [5.74, 6) is 0.475. The van der Waals surface area contributed by atoms with Gasteiger partial charge in [0.05, 0.1) is 6.26 Å². The SMILES string of the molecule is O=C(OCc1cc(-c2ccco2)on1)c1ccc(-c2ccc(F)cc2)o1. The van der Waals surface area contributed by atoms with Crippen molar-refractivity contribution in [2.45, 2.75) is 6.61 Å². The second kappa shape index (κ2) is 6.72. The molecule has 0 aliphatic heterocycles. The van der Waals surface area contributed by atoms with Gasteiger partial charge in [-0.05, 0) is 48.5 Å². The topological polar surface area (TPSA) is 78.6 Å². The molecule has 130 valence electrons. The van der Waals surface area contributed by atoms with Crippen molar-refractivity contribution < 1.29 is 27.3 Å². The molecule has 0 aliphatic rings. The molecule has 4 rings (SSSR count). The molecular weight excluding hydrogens is 341 g/mol. The summed E-state index contributed by atoms with van der Waals surface area (Å²) in [6.07, 6.45) is 1.52. The standard InChI is InChI=1S/C19H12FNO5/c20-13-5-3-12(4-6-13)15-7-8-17(25-15)19(22)24-11-14-10-18(26-21-14)16-2-1-9-23-16/h1-10H,11H2. The van der Waals surface area contributed by atoms with E-state index in [2.05, 4.69) is 5.16 Å². The summed E-state index contributed by atoms with van der Waals surface area (Å²) in [7, 11) is 0. The molecule has 7 heteroatoms. The zero-order valence-corrected chi connectivity index (χ0v) is 13.3. The van der Waals surface area contributed by atoms with Gasteiger partial charge in [-0.3, -0.25) is 0 Å². The highest BCUT2D eigenvalue weighted by atomic mass is 19.1. The Labute approximate surface area is 146 Å². The summed E-state index contributed by atoms with van der Waals surface area (Å²) >= 11 is 0. The van der Waals surface area contributed by atoms with E-state index in [-0.39, 0.29) is 18.2 Å². The van der Waals surface area contributed by atoms with Crippen LogP contribution in [0.4, 0.5) is 4.39 Å². The number of aromatic nitrogens is 1. The highest BCUT2D eigenvalue weighted by molar-refractivity contribution is 5.87. The lowest BCUT2D eigenvalue weighted by Crippen LogP contribution is -2.04. The van der Waals surface area contributed by atoms with Gasteiger partial charge in [-0.1, -0.05) is 5.16 Å². The van der Waals surface area contributed by atoms with E-state index in [0.29, 0.717) is 28.5 Å². The Balaban J connectivity index is 1.40. The maximum Gasteiger partial charge on any atom is 0.374 e. The molecule has 0 radical (unpaired) electrons. The Hall–Kier alpha value is -3.61. The first-order chi connectivity index (χ1) is 12.7. The van der Waals surface area contributed by atoms with Crippen molar-refractivity contribution in [2.75, 3.05) is 0 Å². The molecule has 0 bridgehead atoms. The minimum Gasteiger partial charge on any atom is -0.461 e. The third-order valence-corrected chi connectivity index (χ3v) is 3.61. The van der Waals surface area contributed by atoms with E-state index < -0.39 is 5.97 Å². The monoisotopic (exact) mass is 353 g/mol. The molecule has 3 heterocycles. The number of benzene rings is 1. The minimum atomic E-state index is -0.638. The maximum absolute atomic E-state index is 13.0. The molecular formula is C19H12FNO5. The van der Waals surface area contributed by atoms with Gasteiger partial charge in [-0.25, -0.2) is 9.18 Å². The first-order valence-electron chi connectivity index (χ1n) is 7.71. The molecule has 4 aromatic rings. The van der Waals surface area contributed by atoms with Crippen LogP contribution in [-0.4, -0.2) is 11.1 Å². The van der Waals surface area contributed by atoms with Crippen molar-refractivity contribution in [3.05, 3.63) is 78.1 Å². The van der Waals surface area contributed by atoms with Crippen molar-refractivity contribution in [1.29, 1.82) is 0 Å². The number of furan rings is 2. The molecule has 0 fully saturated rings. The Morgan fingerprint density at radius 1 is 1.04 bits per heavy atom. The molecule has 1 aromatic carbocycles. The summed E-state index contributed by atoms with van der Waals surface area (Å²) in [5, 5.41) is 3.82. The molecule has 0 atom stereocenters. The average Bonchev–Trinajstić information content (AvgIpc) is 3.41. The lowest BCUT2D eigenvalue weighted by molar-refractivity contribution is 0.0429. The summed E-state index contributed by atoms with van der Waals surface area (Å²) in [6, 6.07) is 14.0. The number of halogens is 1. The number of rotatable bonds is 5. The molecule has 0 amide bonds. The van der Waals surface area contributed by atoms with Gasteiger partial charge < -0.3 is 18.1 Å². The number of carbonyl (C=O) groups is 1. The highest BCUT2D eigenvalue weighted by Gasteiger charge is 2.16. The van der Waals surface area contributed by atoms with Gasteiger partial charge in [0.2, 0.25) is 11.5 Å². The van der Waals surface area contributed by atoms with Crippen LogP contribution >= 0.6 is 0 Å². The van der Waals surface area contributed by atoms with E-state index in [1.165, 1.54) is 24.5 Å². The van der Waals surface area contributed by atoms with Crippen LogP contribution in [0.15, 0.2) is 74.2 Å². The zero-order valence-electron chi connectivity index (χ0n) is 13.3. The lowest BCUT2D eigenvalue weighted by atomic mass is 10.2. The Morgan fingerprint density at radius 3 is 2.65 bits per heavy atom.